The Morgan fingerprint density at radius 3 is 1.72 bits per heavy atom. The first-order valence-electron chi connectivity index (χ1n) is 6.32. The van der Waals surface area contributed by atoms with E-state index in [2.05, 4.69) is 59.4 Å². The third-order valence-electron chi connectivity index (χ3n) is 3.07. The van der Waals surface area contributed by atoms with Crippen molar-refractivity contribution in [2.24, 2.45) is 0 Å². The van der Waals surface area contributed by atoms with Crippen LogP contribution in [0.1, 0.15) is 0 Å². The van der Waals surface area contributed by atoms with E-state index in [0.29, 0.717) is 0 Å². The minimum atomic E-state index is 0.874. The van der Waals surface area contributed by atoms with Gasteiger partial charge in [0, 0.05) is 26.2 Å². The highest BCUT2D eigenvalue weighted by Crippen LogP contribution is 2.24. The number of rotatable bonds is 5. The van der Waals surface area contributed by atoms with E-state index in [1.54, 1.807) is 0 Å². The van der Waals surface area contributed by atoms with Crippen LogP contribution in [0.15, 0.2) is 73.2 Å². The zero-order valence-corrected chi connectivity index (χ0v) is 10.8. The number of hydrogen-bond acceptors (Lipinski definition) is 2. The average molecular weight is 240 g/mol. The Kier molecular flexibility index (Phi) is 4.24. The molecule has 0 unspecified atom stereocenters. The third-order valence-corrected chi connectivity index (χ3v) is 3.07. The highest BCUT2D eigenvalue weighted by Gasteiger charge is 2.19. The fraction of sp³-hybridized carbons (Fsp3) is 0.250. The first-order chi connectivity index (χ1) is 8.86. The molecule has 0 spiro atoms. The van der Waals surface area contributed by atoms with Crippen molar-refractivity contribution in [3.05, 3.63) is 73.2 Å². The zero-order chi connectivity index (χ0) is 12.8. The molecule has 0 atom stereocenters. The third kappa shape index (κ3) is 2.65. The maximum atomic E-state index is 3.83. The van der Waals surface area contributed by atoms with Crippen molar-refractivity contribution in [1.82, 2.24) is 9.80 Å². The summed E-state index contributed by atoms with van der Waals surface area (Å²) >= 11 is 0. The summed E-state index contributed by atoms with van der Waals surface area (Å²) in [7, 11) is 0. The maximum Gasteiger partial charge on any atom is 0.0609 e. The first kappa shape index (κ1) is 12.5. The zero-order valence-electron chi connectivity index (χ0n) is 10.8. The van der Waals surface area contributed by atoms with Crippen LogP contribution >= 0.6 is 0 Å². The van der Waals surface area contributed by atoms with Gasteiger partial charge in [0.05, 0.1) is 11.4 Å². The molecule has 0 aliphatic carbocycles. The minimum absolute atomic E-state index is 0.874. The molecular weight excluding hydrogens is 220 g/mol. The summed E-state index contributed by atoms with van der Waals surface area (Å²) in [5.74, 6) is 0. The lowest BCUT2D eigenvalue weighted by Crippen LogP contribution is -2.34. The van der Waals surface area contributed by atoms with Gasteiger partial charge in [0.2, 0.25) is 0 Å². The molecule has 94 valence electrons. The Bertz CT molecular complexity index is 392. The topological polar surface area (TPSA) is 6.48 Å². The number of nitrogens with zero attached hydrogens (tertiary/aromatic N) is 2. The van der Waals surface area contributed by atoms with Crippen LogP contribution in [-0.4, -0.2) is 36.0 Å². The van der Waals surface area contributed by atoms with Crippen molar-refractivity contribution in [2.75, 3.05) is 26.2 Å². The Hall–Kier alpha value is -1.96. The van der Waals surface area contributed by atoms with E-state index in [4.69, 9.17) is 0 Å². The summed E-state index contributed by atoms with van der Waals surface area (Å²) in [4.78, 5) is 4.65. The molecule has 0 aromatic heterocycles. The van der Waals surface area contributed by atoms with Crippen LogP contribution in [0.2, 0.25) is 0 Å². The average Bonchev–Trinajstić information content (AvgIpc) is 2.41. The molecule has 0 fully saturated rings. The van der Waals surface area contributed by atoms with Gasteiger partial charge in [-0.1, -0.05) is 36.5 Å². The minimum Gasteiger partial charge on any atom is -0.362 e. The maximum absolute atomic E-state index is 3.83. The smallest absolute Gasteiger partial charge is 0.0609 e. The normalized spacial score (nSPS) is 18.4. The predicted octanol–water partition coefficient (Wildman–Crippen LogP) is 2.87. The lowest BCUT2D eigenvalue weighted by Gasteiger charge is -2.35. The highest BCUT2D eigenvalue weighted by atomic mass is 15.2. The van der Waals surface area contributed by atoms with Crippen molar-refractivity contribution in [2.45, 2.75) is 0 Å². The van der Waals surface area contributed by atoms with Crippen LogP contribution in [-0.2, 0) is 0 Å². The van der Waals surface area contributed by atoms with Gasteiger partial charge in [-0.2, -0.15) is 0 Å². The summed E-state index contributed by atoms with van der Waals surface area (Å²) < 4.78 is 0. The van der Waals surface area contributed by atoms with E-state index in [0.717, 1.165) is 26.2 Å². The fourth-order valence-electron chi connectivity index (χ4n) is 2.25. The molecule has 18 heavy (non-hydrogen) atoms. The molecule has 0 saturated carbocycles. The molecule has 2 aliphatic heterocycles. The van der Waals surface area contributed by atoms with Crippen LogP contribution in [0, 0.1) is 0 Å². The summed E-state index contributed by atoms with van der Waals surface area (Å²) in [6.07, 6.45) is 16.8. The molecule has 2 nitrogen and oxygen atoms in total. The quantitative estimate of drug-likeness (QED) is 0.682. The van der Waals surface area contributed by atoms with Crippen LogP contribution in [0.5, 0.6) is 0 Å². The highest BCUT2D eigenvalue weighted by molar-refractivity contribution is 5.39. The molecule has 2 heteroatoms. The SMILES string of the molecule is C=CCN1CC=CC=C1C1=CC=CCN1CC=C. The second kappa shape index (κ2) is 6.10. The molecule has 2 rings (SSSR count). The van der Waals surface area contributed by atoms with Gasteiger partial charge in [-0.3, -0.25) is 0 Å². The van der Waals surface area contributed by atoms with E-state index in [1.165, 1.54) is 11.4 Å². The van der Waals surface area contributed by atoms with Crippen molar-refractivity contribution >= 4 is 0 Å². The molecule has 0 amide bonds. The Labute approximate surface area is 110 Å². The van der Waals surface area contributed by atoms with Crippen molar-refractivity contribution in [3.8, 4) is 0 Å². The standard InChI is InChI=1S/C16H20N2/c1-3-11-17-13-7-5-9-15(17)16-10-6-8-14-18(16)12-4-2/h3-10H,1-2,11-14H2. The molecule has 0 bridgehead atoms. The molecule has 0 saturated heterocycles. The Morgan fingerprint density at radius 1 is 0.889 bits per heavy atom. The van der Waals surface area contributed by atoms with Crippen molar-refractivity contribution in [3.63, 3.8) is 0 Å². The molecular formula is C16H20N2. The summed E-state index contributed by atoms with van der Waals surface area (Å²) in [6, 6.07) is 0. The molecule has 0 aromatic carbocycles. The second-order valence-corrected chi connectivity index (χ2v) is 4.35. The summed E-state index contributed by atoms with van der Waals surface area (Å²) in [6.45, 7) is 11.3. The van der Waals surface area contributed by atoms with Gasteiger partial charge in [-0.15, -0.1) is 13.2 Å². The van der Waals surface area contributed by atoms with E-state index in [9.17, 15) is 0 Å². The Morgan fingerprint density at radius 2 is 1.33 bits per heavy atom. The van der Waals surface area contributed by atoms with Gasteiger partial charge >= 0.3 is 0 Å². The lowest BCUT2D eigenvalue weighted by atomic mass is 10.1. The van der Waals surface area contributed by atoms with E-state index in [1.807, 2.05) is 12.2 Å². The van der Waals surface area contributed by atoms with Gasteiger partial charge < -0.3 is 9.80 Å². The molecule has 0 aromatic rings. The Balaban J connectivity index is 2.25. The van der Waals surface area contributed by atoms with Crippen LogP contribution < -0.4 is 0 Å². The molecule has 2 heterocycles. The largest absolute Gasteiger partial charge is 0.362 e. The van der Waals surface area contributed by atoms with Crippen LogP contribution in [0.25, 0.3) is 0 Å². The van der Waals surface area contributed by atoms with Crippen LogP contribution in [0.3, 0.4) is 0 Å². The summed E-state index contributed by atoms with van der Waals surface area (Å²) in [5, 5.41) is 0. The van der Waals surface area contributed by atoms with Gasteiger partial charge in [-0.25, -0.2) is 0 Å². The number of allylic oxidation sites excluding steroid dienone is 4. The van der Waals surface area contributed by atoms with Gasteiger partial charge in [-0.05, 0) is 12.2 Å². The monoisotopic (exact) mass is 240 g/mol. The van der Waals surface area contributed by atoms with E-state index in [-0.39, 0.29) is 0 Å². The molecule has 2 aliphatic rings. The van der Waals surface area contributed by atoms with E-state index >= 15 is 0 Å². The molecule has 0 N–H and O–H groups in total. The van der Waals surface area contributed by atoms with E-state index < -0.39 is 0 Å². The van der Waals surface area contributed by atoms with Gasteiger partial charge in [0.1, 0.15) is 0 Å². The lowest BCUT2D eigenvalue weighted by molar-refractivity contribution is 0.357. The van der Waals surface area contributed by atoms with Gasteiger partial charge in [0.15, 0.2) is 0 Å². The number of hydrogen-bond donors (Lipinski definition) is 0. The predicted molar refractivity (Wildman–Crippen MR) is 78.0 cm³/mol. The van der Waals surface area contributed by atoms with Crippen molar-refractivity contribution in [1.29, 1.82) is 0 Å². The van der Waals surface area contributed by atoms with Crippen LogP contribution in [0.4, 0.5) is 0 Å². The fourth-order valence-corrected chi connectivity index (χ4v) is 2.25. The first-order valence-corrected chi connectivity index (χ1v) is 6.32. The molecule has 0 radical (unpaired) electrons. The van der Waals surface area contributed by atoms with Gasteiger partial charge in [0.25, 0.3) is 0 Å². The van der Waals surface area contributed by atoms with Crippen molar-refractivity contribution < 1.29 is 0 Å². The second-order valence-electron chi connectivity index (χ2n) is 4.35. The summed E-state index contributed by atoms with van der Waals surface area (Å²) in [5.41, 5.74) is 2.53.